The quantitative estimate of drug-likeness (QED) is 0.736. The summed E-state index contributed by atoms with van der Waals surface area (Å²) in [6, 6.07) is 13.4. The Hall–Kier alpha value is -1.65. The van der Waals surface area contributed by atoms with Gasteiger partial charge in [0.15, 0.2) is 0 Å². The number of nitrogens with one attached hydrogen (secondary N) is 1. The van der Waals surface area contributed by atoms with Crippen LogP contribution in [0.2, 0.25) is 5.02 Å². The second-order valence-corrected chi connectivity index (χ2v) is 6.69. The van der Waals surface area contributed by atoms with E-state index in [2.05, 4.69) is 5.32 Å². The minimum Gasteiger partial charge on any atom is -0.493 e. The summed E-state index contributed by atoms with van der Waals surface area (Å²) < 4.78 is 5.65. The van der Waals surface area contributed by atoms with Gasteiger partial charge in [0.1, 0.15) is 5.75 Å². The van der Waals surface area contributed by atoms with Crippen molar-refractivity contribution in [2.45, 2.75) is 13.8 Å². The summed E-state index contributed by atoms with van der Waals surface area (Å²) in [5, 5.41) is 3.54. The predicted molar refractivity (Wildman–Crippen MR) is 98.8 cm³/mol. The van der Waals surface area contributed by atoms with Gasteiger partial charge in [0, 0.05) is 16.5 Å². The van der Waals surface area contributed by atoms with E-state index in [4.69, 9.17) is 16.3 Å². The van der Waals surface area contributed by atoms with E-state index >= 15 is 0 Å². The van der Waals surface area contributed by atoms with Crippen LogP contribution < -0.4 is 10.1 Å². The Morgan fingerprint density at radius 2 is 2.00 bits per heavy atom. The number of carbonyl (C=O) groups excluding carboxylic acids is 1. The second kappa shape index (κ2) is 8.85. The van der Waals surface area contributed by atoms with E-state index in [-0.39, 0.29) is 5.91 Å². The van der Waals surface area contributed by atoms with Crippen molar-refractivity contribution in [2.24, 2.45) is 0 Å². The largest absolute Gasteiger partial charge is 0.493 e. The van der Waals surface area contributed by atoms with Gasteiger partial charge in [-0.1, -0.05) is 29.8 Å². The highest BCUT2D eigenvalue weighted by molar-refractivity contribution is 7.99. The zero-order chi connectivity index (χ0) is 16.7. The molecule has 23 heavy (non-hydrogen) atoms. The number of thioether (sulfide) groups is 1. The molecule has 0 saturated carbocycles. The van der Waals surface area contributed by atoms with Crippen molar-refractivity contribution in [3.63, 3.8) is 0 Å². The molecule has 0 unspecified atom stereocenters. The summed E-state index contributed by atoms with van der Waals surface area (Å²) in [6.07, 6.45) is 0. The SMILES string of the molecule is Cc1cccc(OCCSCC(=O)Nc2cccc(Cl)c2C)c1. The molecular formula is C18H20ClNO2S. The Bertz CT molecular complexity index is 676. The van der Waals surface area contributed by atoms with Gasteiger partial charge >= 0.3 is 0 Å². The van der Waals surface area contributed by atoms with Crippen LogP contribution in [0, 0.1) is 13.8 Å². The van der Waals surface area contributed by atoms with Gasteiger partial charge in [0.05, 0.1) is 12.4 Å². The summed E-state index contributed by atoms with van der Waals surface area (Å²) in [7, 11) is 0. The molecule has 122 valence electrons. The number of anilines is 1. The van der Waals surface area contributed by atoms with Crippen LogP contribution >= 0.6 is 23.4 Å². The fourth-order valence-corrected chi connectivity index (χ4v) is 2.80. The Morgan fingerprint density at radius 3 is 2.78 bits per heavy atom. The van der Waals surface area contributed by atoms with Crippen molar-refractivity contribution in [3.05, 3.63) is 58.6 Å². The molecular weight excluding hydrogens is 330 g/mol. The second-order valence-electron chi connectivity index (χ2n) is 5.18. The lowest BCUT2D eigenvalue weighted by atomic mass is 10.2. The number of hydrogen-bond donors (Lipinski definition) is 1. The maximum Gasteiger partial charge on any atom is 0.234 e. The number of rotatable bonds is 7. The lowest BCUT2D eigenvalue weighted by Gasteiger charge is -2.10. The highest BCUT2D eigenvalue weighted by Crippen LogP contribution is 2.23. The first-order valence-corrected chi connectivity index (χ1v) is 8.91. The minimum absolute atomic E-state index is 0.0316. The van der Waals surface area contributed by atoms with Gasteiger partial charge in [-0.05, 0) is 49.2 Å². The number of ether oxygens (including phenoxy) is 1. The fraction of sp³-hybridized carbons (Fsp3) is 0.278. The van der Waals surface area contributed by atoms with E-state index in [1.54, 1.807) is 11.8 Å². The minimum atomic E-state index is -0.0316. The molecule has 3 nitrogen and oxygen atoms in total. The van der Waals surface area contributed by atoms with Gasteiger partial charge < -0.3 is 10.1 Å². The zero-order valence-electron chi connectivity index (χ0n) is 13.3. The van der Waals surface area contributed by atoms with Crippen LogP contribution in [0.15, 0.2) is 42.5 Å². The van der Waals surface area contributed by atoms with Gasteiger partial charge in [0.25, 0.3) is 0 Å². The highest BCUT2D eigenvalue weighted by atomic mass is 35.5. The summed E-state index contributed by atoms with van der Waals surface area (Å²) in [6.45, 7) is 4.50. The zero-order valence-corrected chi connectivity index (χ0v) is 14.8. The van der Waals surface area contributed by atoms with Gasteiger partial charge in [0.2, 0.25) is 5.91 Å². The summed E-state index contributed by atoms with van der Waals surface area (Å²) in [4.78, 5) is 11.9. The lowest BCUT2D eigenvalue weighted by Crippen LogP contribution is -2.16. The third-order valence-electron chi connectivity index (χ3n) is 3.26. The van der Waals surface area contributed by atoms with E-state index in [1.807, 2.05) is 56.3 Å². The van der Waals surface area contributed by atoms with E-state index in [9.17, 15) is 4.79 Å². The first kappa shape index (κ1) is 17.7. The standard InChI is InChI=1S/C18H20ClNO2S/c1-13-5-3-6-15(11-13)22-9-10-23-12-18(21)20-17-8-4-7-16(19)14(17)2/h3-8,11H,9-10,12H2,1-2H3,(H,20,21). The number of aryl methyl sites for hydroxylation is 1. The molecule has 0 atom stereocenters. The Balaban J connectivity index is 1.68. The summed E-state index contributed by atoms with van der Waals surface area (Å²) >= 11 is 7.58. The third kappa shape index (κ3) is 5.81. The molecule has 0 aliphatic rings. The lowest BCUT2D eigenvalue weighted by molar-refractivity contribution is -0.113. The van der Waals surface area contributed by atoms with E-state index < -0.39 is 0 Å². The number of hydrogen-bond acceptors (Lipinski definition) is 3. The van der Waals surface area contributed by atoms with Crippen molar-refractivity contribution >= 4 is 35.0 Å². The van der Waals surface area contributed by atoms with Gasteiger partial charge in [-0.15, -0.1) is 11.8 Å². The molecule has 0 radical (unpaired) electrons. The van der Waals surface area contributed by atoms with Crippen molar-refractivity contribution in [1.29, 1.82) is 0 Å². The average Bonchev–Trinajstić information content (AvgIpc) is 2.51. The molecule has 2 aromatic rings. The average molecular weight is 350 g/mol. The Kier molecular flexibility index (Phi) is 6.81. The third-order valence-corrected chi connectivity index (χ3v) is 4.59. The molecule has 0 heterocycles. The first-order chi connectivity index (χ1) is 11.1. The molecule has 1 N–H and O–H groups in total. The smallest absolute Gasteiger partial charge is 0.234 e. The molecule has 0 spiro atoms. The van der Waals surface area contributed by atoms with Crippen LogP contribution in [0.4, 0.5) is 5.69 Å². The van der Waals surface area contributed by atoms with Crippen LogP contribution in [0.1, 0.15) is 11.1 Å². The van der Waals surface area contributed by atoms with Gasteiger partial charge in [-0.3, -0.25) is 4.79 Å². The number of amides is 1. The molecule has 0 aromatic heterocycles. The molecule has 5 heteroatoms. The Morgan fingerprint density at radius 1 is 1.22 bits per heavy atom. The Labute approximate surface area is 146 Å². The van der Waals surface area contributed by atoms with Crippen LogP contribution in [0.25, 0.3) is 0 Å². The maximum absolute atomic E-state index is 11.9. The van der Waals surface area contributed by atoms with Gasteiger partial charge in [-0.25, -0.2) is 0 Å². The van der Waals surface area contributed by atoms with Crippen molar-refractivity contribution in [1.82, 2.24) is 0 Å². The molecule has 0 aliphatic heterocycles. The van der Waals surface area contributed by atoms with Crippen molar-refractivity contribution in [3.8, 4) is 5.75 Å². The van der Waals surface area contributed by atoms with E-state index in [1.165, 1.54) is 5.56 Å². The maximum atomic E-state index is 11.9. The number of benzene rings is 2. The molecule has 1 amide bonds. The van der Waals surface area contributed by atoms with Crippen LogP contribution in [-0.2, 0) is 4.79 Å². The molecule has 0 fully saturated rings. The molecule has 0 bridgehead atoms. The normalized spacial score (nSPS) is 10.4. The van der Waals surface area contributed by atoms with Crippen LogP contribution in [0.3, 0.4) is 0 Å². The predicted octanol–water partition coefficient (Wildman–Crippen LogP) is 4.71. The van der Waals surface area contributed by atoms with E-state index in [0.717, 1.165) is 22.8 Å². The van der Waals surface area contributed by atoms with Crippen molar-refractivity contribution < 1.29 is 9.53 Å². The van der Waals surface area contributed by atoms with Crippen molar-refractivity contribution in [2.75, 3.05) is 23.4 Å². The fourth-order valence-electron chi connectivity index (χ4n) is 2.02. The van der Waals surface area contributed by atoms with E-state index in [0.29, 0.717) is 17.4 Å². The number of carbonyl (C=O) groups is 1. The van der Waals surface area contributed by atoms with Crippen LogP contribution in [0.5, 0.6) is 5.75 Å². The van der Waals surface area contributed by atoms with Crippen LogP contribution in [-0.4, -0.2) is 24.0 Å². The monoisotopic (exact) mass is 349 g/mol. The first-order valence-electron chi connectivity index (χ1n) is 7.38. The topological polar surface area (TPSA) is 38.3 Å². The highest BCUT2D eigenvalue weighted by Gasteiger charge is 2.06. The molecule has 0 aliphatic carbocycles. The van der Waals surface area contributed by atoms with Gasteiger partial charge in [-0.2, -0.15) is 0 Å². The summed E-state index contributed by atoms with van der Waals surface area (Å²) in [5.74, 6) is 1.99. The molecule has 0 saturated heterocycles. The number of halogens is 1. The molecule has 2 rings (SSSR count). The molecule has 2 aromatic carbocycles. The summed E-state index contributed by atoms with van der Waals surface area (Å²) in [5.41, 5.74) is 2.82.